The Labute approximate surface area is 200 Å². The Bertz CT molecular complexity index is 893. The molecular formula is C26H35BrN2O3. The molecule has 0 bridgehead atoms. The Morgan fingerprint density at radius 3 is 2.62 bits per heavy atom. The highest BCUT2D eigenvalue weighted by molar-refractivity contribution is 9.10. The number of carbonyl (C=O) groups is 1. The third-order valence-corrected chi connectivity index (χ3v) is 6.52. The first kappa shape index (κ1) is 24.6. The lowest BCUT2D eigenvalue weighted by Gasteiger charge is -2.31. The van der Waals surface area contributed by atoms with E-state index in [9.17, 15) is 4.79 Å². The maximum absolute atomic E-state index is 11.9. The zero-order valence-electron chi connectivity index (χ0n) is 19.5. The summed E-state index contributed by atoms with van der Waals surface area (Å²) in [7, 11) is 1.72. The summed E-state index contributed by atoms with van der Waals surface area (Å²) in [6.07, 6.45) is 5.15. The fourth-order valence-electron chi connectivity index (χ4n) is 4.16. The minimum atomic E-state index is -0.502. The van der Waals surface area contributed by atoms with Gasteiger partial charge in [-0.3, -0.25) is 5.32 Å². The predicted octanol–water partition coefficient (Wildman–Crippen LogP) is 6.35. The summed E-state index contributed by atoms with van der Waals surface area (Å²) in [4.78, 5) is 11.9. The SMILES string of the molecule is COc1ccc(Br)c(CC2CCNC(CCc3ccc(NC(=O)OC(C)(C)C)cc3)C2)c1. The fraction of sp³-hybridized carbons (Fsp3) is 0.500. The number of benzene rings is 2. The van der Waals surface area contributed by atoms with Gasteiger partial charge in [-0.15, -0.1) is 0 Å². The minimum absolute atomic E-state index is 0.426. The van der Waals surface area contributed by atoms with Gasteiger partial charge in [-0.05, 0) is 107 Å². The number of ether oxygens (including phenoxy) is 2. The van der Waals surface area contributed by atoms with Crippen molar-refractivity contribution in [3.05, 3.63) is 58.1 Å². The molecule has 32 heavy (non-hydrogen) atoms. The smallest absolute Gasteiger partial charge is 0.412 e. The van der Waals surface area contributed by atoms with Crippen LogP contribution in [0.2, 0.25) is 0 Å². The van der Waals surface area contributed by atoms with Crippen LogP contribution in [-0.4, -0.2) is 31.4 Å². The molecule has 2 unspecified atom stereocenters. The van der Waals surface area contributed by atoms with Gasteiger partial charge in [-0.25, -0.2) is 4.79 Å². The largest absolute Gasteiger partial charge is 0.497 e. The Morgan fingerprint density at radius 2 is 1.94 bits per heavy atom. The first-order valence-electron chi connectivity index (χ1n) is 11.4. The van der Waals surface area contributed by atoms with Crippen LogP contribution in [0.1, 0.15) is 51.2 Å². The van der Waals surface area contributed by atoms with E-state index in [-0.39, 0.29) is 0 Å². The van der Waals surface area contributed by atoms with Crippen molar-refractivity contribution in [3.63, 3.8) is 0 Å². The van der Waals surface area contributed by atoms with E-state index in [1.807, 2.05) is 39.0 Å². The second kappa shape index (κ2) is 11.2. The molecule has 0 spiro atoms. The summed E-state index contributed by atoms with van der Waals surface area (Å²) in [5, 5.41) is 6.48. The van der Waals surface area contributed by atoms with Gasteiger partial charge in [0, 0.05) is 16.2 Å². The Morgan fingerprint density at radius 1 is 1.19 bits per heavy atom. The zero-order chi connectivity index (χ0) is 23.1. The number of hydrogen-bond donors (Lipinski definition) is 2. The molecule has 0 saturated carbocycles. The topological polar surface area (TPSA) is 59.6 Å². The van der Waals surface area contributed by atoms with Crippen LogP contribution in [-0.2, 0) is 17.6 Å². The van der Waals surface area contributed by atoms with E-state index in [1.54, 1.807) is 7.11 Å². The summed E-state index contributed by atoms with van der Waals surface area (Å²) in [5.74, 6) is 1.59. The number of carbonyl (C=O) groups excluding carboxylic acids is 1. The Balaban J connectivity index is 1.48. The van der Waals surface area contributed by atoms with E-state index in [0.29, 0.717) is 12.0 Å². The normalized spacial score (nSPS) is 18.8. The van der Waals surface area contributed by atoms with E-state index in [4.69, 9.17) is 9.47 Å². The number of piperidine rings is 1. The van der Waals surface area contributed by atoms with Gasteiger partial charge in [0.2, 0.25) is 0 Å². The highest BCUT2D eigenvalue weighted by Crippen LogP contribution is 2.29. The van der Waals surface area contributed by atoms with Crippen LogP contribution in [0.25, 0.3) is 0 Å². The van der Waals surface area contributed by atoms with Gasteiger partial charge in [0.15, 0.2) is 0 Å². The average Bonchev–Trinajstić information content (AvgIpc) is 2.74. The lowest BCUT2D eigenvalue weighted by molar-refractivity contribution is 0.0636. The van der Waals surface area contributed by atoms with Gasteiger partial charge in [-0.1, -0.05) is 28.1 Å². The second-order valence-electron chi connectivity index (χ2n) is 9.57. The van der Waals surface area contributed by atoms with Crippen LogP contribution in [0.3, 0.4) is 0 Å². The number of anilines is 1. The van der Waals surface area contributed by atoms with Crippen molar-refractivity contribution in [2.75, 3.05) is 19.0 Å². The molecule has 1 fully saturated rings. The highest BCUT2D eigenvalue weighted by Gasteiger charge is 2.22. The molecule has 2 aromatic rings. The molecule has 0 aromatic heterocycles. The molecule has 1 saturated heterocycles. The predicted molar refractivity (Wildman–Crippen MR) is 134 cm³/mol. The van der Waals surface area contributed by atoms with Crippen molar-refractivity contribution in [3.8, 4) is 5.75 Å². The van der Waals surface area contributed by atoms with Crippen LogP contribution < -0.4 is 15.4 Å². The van der Waals surface area contributed by atoms with Crippen LogP contribution in [0, 0.1) is 5.92 Å². The van der Waals surface area contributed by atoms with Crippen LogP contribution in [0.15, 0.2) is 46.9 Å². The lowest BCUT2D eigenvalue weighted by atomic mass is 9.85. The first-order chi connectivity index (χ1) is 15.2. The molecule has 1 aliphatic heterocycles. The summed E-state index contributed by atoms with van der Waals surface area (Å²) >= 11 is 3.69. The zero-order valence-corrected chi connectivity index (χ0v) is 21.1. The van der Waals surface area contributed by atoms with Crippen molar-refractivity contribution >= 4 is 27.7 Å². The summed E-state index contributed by atoms with van der Waals surface area (Å²) in [6, 6.07) is 14.8. The minimum Gasteiger partial charge on any atom is -0.497 e. The maximum Gasteiger partial charge on any atom is 0.412 e. The van der Waals surface area contributed by atoms with Crippen molar-refractivity contribution < 1.29 is 14.3 Å². The molecule has 1 heterocycles. The molecular weight excluding hydrogens is 468 g/mol. The standard InChI is InChI=1S/C26H35BrN2O3/c1-26(2,3)32-25(30)29-21-8-5-18(6-9-21)7-10-22-16-19(13-14-28-22)15-20-17-23(31-4)11-12-24(20)27/h5-6,8-9,11-12,17,19,22,28H,7,10,13-16H2,1-4H3,(H,29,30). The summed E-state index contributed by atoms with van der Waals surface area (Å²) in [5.41, 5.74) is 2.85. The van der Waals surface area contributed by atoms with Gasteiger partial charge < -0.3 is 14.8 Å². The lowest BCUT2D eigenvalue weighted by Crippen LogP contribution is -2.39. The van der Waals surface area contributed by atoms with E-state index < -0.39 is 11.7 Å². The van der Waals surface area contributed by atoms with Crippen LogP contribution >= 0.6 is 15.9 Å². The first-order valence-corrected chi connectivity index (χ1v) is 12.2. The van der Waals surface area contributed by atoms with Crippen molar-refractivity contribution in [2.45, 2.75) is 64.5 Å². The molecule has 5 nitrogen and oxygen atoms in total. The number of amides is 1. The Kier molecular flexibility index (Phi) is 8.60. The van der Waals surface area contributed by atoms with Gasteiger partial charge in [0.05, 0.1) is 7.11 Å². The maximum atomic E-state index is 11.9. The monoisotopic (exact) mass is 502 g/mol. The quantitative estimate of drug-likeness (QED) is 0.463. The second-order valence-corrected chi connectivity index (χ2v) is 10.4. The summed E-state index contributed by atoms with van der Waals surface area (Å²) < 4.78 is 11.9. The molecule has 2 N–H and O–H groups in total. The third-order valence-electron chi connectivity index (χ3n) is 5.75. The fourth-order valence-corrected chi connectivity index (χ4v) is 4.57. The number of halogens is 1. The summed E-state index contributed by atoms with van der Waals surface area (Å²) in [6.45, 7) is 6.63. The third kappa shape index (κ3) is 7.82. The van der Waals surface area contributed by atoms with Crippen molar-refractivity contribution in [2.24, 2.45) is 5.92 Å². The highest BCUT2D eigenvalue weighted by atomic mass is 79.9. The molecule has 2 aromatic carbocycles. The van der Waals surface area contributed by atoms with Crippen molar-refractivity contribution in [1.29, 1.82) is 0 Å². The van der Waals surface area contributed by atoms with Gasteiger partial charge in [0.25, 0.3) is 0 Å². The van der Waals surface area contributed by atoms with Gasteiger partial charge in [0.1, 0.15) is 11.4 Å². The van der Waals surface area contributed by atoms with E-state index in [2.05, 4.69) is 50.8 Å². The van der Waals surface area contributed by atoms with Crippen molar-refractivity contribution in [1.82, 2.24) is 5.32 Å². The number of nitrogens with one attached hydrogen (secondary N) is 2. The van der Waals surface area contributed by atoms with Gasteiger partial charge >= 0.3 is 6.09 Å². The van der Waals surface area contributed by atoms with E-state index in [0.717, 1.165) is 41.7 Å². The van der Waals surface area contributed by atoms with E-state index in [1.165, 1.54) is 24.0 Å². The Hall–Kier alpha value is -2.05. The average molecular weight is 503 g/mol. The molecule has 174 valence electrons. The van der Waals surface area contributed by atoms with Crippen LogP contribution in [0.4, 0.5) is 10.5 Å². The molecule has 0 radical (unpaired) electrons. The number of hydrogen-bond acceptors (Lipinski definition) is 4. The number of methoxy groups -OCH3 is 1. The molecule has 6 heteroatoms. The molecule has 2 atom stereocenters. The van der Waals surface area contributed by atoms with Gasteiger partial charge in [-0.2, -0.15) is 0 Å². The molecule has 1 aliphatic rings. The number of aryl methyl sites for hydroxylation is 1. The molecule has 0 aliphatic carbocycles. The molecule has 3 rings (SSSR count). The molecule has 1 amide bonds. The number of rotatable bonds is 7. The van der Waals surface area contributed by atoms with Crippen LogP contribution in [0.5, 0.6) is 5.75 Å². The van der Waals surface area contributed by atoms with E-state index >= 15 is 0 Å².